The van der Waals surface area contributed by atoms with E-state index in [1.165, 1.54) is 0 Å². The summed E-state index contributed by atoms with van der Waals surface area (Å²) in [6.07, 6.45) is -0.444. The van der Waals surface area contributed by atoms with E-state index in [0.717, 1.165) is 11.1 Å². The molecule has 0 aliphatic carbocycles. The van der Waals surface area contributed by atoms with E-state index in [-0.39, 0.29) is 116 Å². The van der Waals surface area contributed by atoms with Crippen LogP contribution in [0.25, 0.3) is 0 Å². The summed E-state index contributed by atoms with van der Waals surface area (Å²) in [4.78, 5) is 56.2. The Kier molecular flexibility index (Phi) is 21.0. The zero-order chi connectivity index (χ0) is 39.0. The SMILES string of the molecule is CC(C)C[C@H](NC(=O)OCc1ccccc1)C(=O)N1CCOCCOCCN(C(=O)[C@@H](CC(C)C)NC(=O)OCc2ccccc2)CCOCCOCC1. The summed E-state index contributed by atoms with van der Waals surface area (Å²) < 4.78 is 34.0. The van der Waals surface area contributed by atoms with Crippen LogP contribution in [0.15, 0.2) is 60.7 Å². The lowest BCUT2D eigenvalue weighted by atomic mass is 10.0. The number of nitrogens with zero attached hydrogens (tertiary/aromatic N) is 2. The number of nitrogens with one attached hydrogen (secondary N) is 2. The summed E-state index contributed by atoms with van der Waals surface area (Å²) in [6.45, 7) is 11.4. The highest BCUT2D eigenvalue weighted by atomic mass is 16.6. The molecule has 14 nitrogen and oxygen atoms in total. The zero-order valence-electron chi connectivity index (χ0n) is 32.4. The number of amides is 4. The van der Waals surface area contributed by atoms with Crippen molar-refractivity contribution >= 4 is 24.0 Å². The molecule has 1 fully saturated rings. The molecule has 4 amide bonds. The third-order valence-corrected chi connectivity index (χ3v) is 8.41. The van der Waals surface area contributed by atoms with Crippen LogP contribution < -0.4 is 10.6 Å². The standard InChI is InChI=1S/C40H60N4O10/c1-31(2)27-35(41-39(47)53-29-33-11-7-5-8-12-33)37(45)43-15-19-49-23-25-51-21-17-44(18-22-52-26-24-50-20-16-43)38(46)36(28-32(3)4)42-40(48)54-30-34-13-9-6-10-14-34/h5-14,31-32,35-36H,15-30H2,1-4H3,(H,41,47)(H,42,48)/t35-,36+. The number of benzene rings is 2. The fourth-order valence-electron chi connectivity index (χ4n) is 5.65. The van der Waals surface area contributed by atoms with Crippen molar-refractivity contribution in [1.82, 2.24) is 20.4 Å². The highest BCUT2D eigenvalue weighted by molar-refractivity contribution is 5.86. The Labute approximate surface area is 320 Å². The van der Waals surface area contributed by atoms with Crippen LogP contribution >= 0.6 is 0 Å². The summed E-state index contributed by atoms with van der Waals surface area (Å²) in [5.74, 6) is -0.205. The lowest BCUT2D eigenvalue weighted by Crippen LogP contribution is -2.51. The molecule has 1 heterocycles. The maximum absolute atomic E-state index is 13.7. The van der Waals surface area contributed by atoms with Crippen LogP contribution in [0.4, 0.5) is 9.59 Å². The smallest absolute Gasteiger partial charge is 0.408 e. The molecule has 300 valence electrons. The van der Waals surface area contributed by atoms with Crippen molar-refractivity contribution in [2.45, 2.75) is 65.8 Å². The minimum atomic E-state index is -0.779. The number of carbonyl (C=O) groups excluding carboxylic acids is 4. The molecular formula is C40H60N4O10. The highest BCUT2D eigenvalue weighted by Gasteiger charge is 2.29. The molecule has 1 aliphatic rings. The van der Waals surface area contributed by atoms with Crippen LogP contribution in [0.5, 0.6) is 0 Å². The van der Waals surface area contributed by atoms with E-state index in [0.29, 0.717) is 12.8 Å². The van der Waals surface area contributed by atoms with Gasteiger partial charge in [0.2, 0.25) is 11.8 Å². The molecule has 0 spiro atoms. The van der Waals surface area contributed by atoms with Crippen LogP contribution in [0.2, 0.25) is 0 Å². The van der Waals surface area contributed by atoms with Crippen molar-refractivity contribution in [1.29, 1.82) is 0 Å². The lowest BCUT2D eigenvalue weighted by molar-refractivity contribution is -0.137. The summed E-state index contributed by atoms with van der Waals surface area (Å²) in [5.41, 5.74) is 1.70. The Bertz CT molecular complexity index is 1240. The Morgan fingerprint density at radius 3 is 1.15 bits per heavy atom. The van der Waals surface area contributed by atoms with Crippen molar-refractivity contribution in [3.8, 4) is 0 Å². The van der Waals surface area contributed by atoms with Gasteiger partial charge in [-0.1, -0.05) is 88.4 Å². The Morgan fingerprint density at radius 2 is 0.852 bits per heavy atom. The second kappa shape index (κ2) is 25.7. The van der Waals surface area contributed by atoms with Crippen LogP contribution in [-0.4, -0.2) is 125 Å². The predicted octanol–water partition coefficient (Wildman–Crippen LogP) is 4.41. The second-order valence-electron chi connectivity index (χ2n) is 13.9. The predicted molar refractivity (Wildman–Crippen MR) is 202 cm³/mol. The van der Waals surface area contributed by atoms with Crippen molar-refractivity contribution in [2.24, 2.45) is 11.8 Å². The quantitative estimate of drug-likeness (QED) is 0.319. The van der Waals surface area contributed by atoms with E-state index in [4.69, 9.17) is 28.4 Å². The molecule has 0 bridgehead atoms. The molecule has 2 N–H and O–H groups in total. The van der Waals surface area contributed by atoms with Gasteiger partial charge >= 0.3 is 12.2 Å². The molecule has 0 saturated carbocycles. The maximum Gasteiger partial charge on any atom is 0.408 e. The van der Waals surface area contributed by atoms with Crippen molar-refractivity contribution in [2.75, 3.05) is 79.0 Å². The number of hydrogen-bond donors (Lipinski definition) is 2. The van der Waals surface area contributed by atoms with E-state index in [9.17, 15) is 19.2 Å². The molecule has 0 unspecified atom stereocenters. The van der Waals surface area contributed by atoms with E-state index in [1.807, 2.05) is 88.4 Å². The number of carbonyl (C=O) groups is 4. The first kappa shape index (κ1) is 44.2. The first-order chi connectivity index (χ1) is 26.1. The van der Waals surface area contributed by atoms with Gasteiger partial charge in [0.15, 0.2) is 0 Å². The van der Waals surface area contributed by atoms with Gasteiger partial charge in [-0.3, -0.25) is 9.59 Å². The van der Waals surface area contributed by atoms with E-state index >= 15 is 0 Å². The average Bonchev–Trinajstić information content (AvgIpc) is 3.15. The van der Waals surface area contributed by atoms with Gasteiger partial charge in [-0.2, -0.15) is 0 Å². The highest BCUT2D eigenvalue weighted by Crippen LogP contribution is 2.12. The van der Waals surface area contributed by atoms with E-state index < -0.39 is 24.3 Å². The number of rotatable bonds is 12. The summed E-state index contributed by atoms with van der Waals surface area (Å²) in [7, 11) is 0. The number of alkyl carbamates (subject to hydrolysis) is 2. The van der Waals surface area contributed by atoms with Gasteiger partial charge in [0.25, 0.3) is 0 Å². The second-order valence-corrected chi connectivity index (χ2v) is 13.9. The topological polar surface area (TPSA) is 154 Å². The van der Waals surface area contributed by atoms with Gasteiger partial charge < -0.3 is 48.9 Å². The van der Waals surface area contributed by atoms with Gasteiger partial charge in [0.1, 0.15) is 25.3 Å². The van der Waals surface area contributed by atoms with Crippen LogP contribution in [0.3, 0.4) is 0 Å². The lowest BCUT2D eigenvalue weighted by Gasteiger charge is -2.29. The molecule has 3 rings (SSSR count). The molecule has 2 atom stereocenters. The minimum absolute atomic E-state index is 0.0982. The van der Waals surface area contributed by atoms with Crippen LogP contribution in [0.1, 0.15) is 51.7 Å². The molecule has 1 aliphatic heterocycles. The molecule has 2 aromatic rings. The molecule has 0 radical (unpaired) electrons. The third kappa shape index (κ3) is 18.2. The van der Waals surface area contributed by atoms with E-state index in [2.05, 4.69) is 10.6 Å². The summed E-state index contributed by atoms with van der Waals surface area (Å²) in [5, 5.41) is 5.54. The van der Waals surface area contributed by atoms with Crippen molar-refractivity contribution in [3.05, 3.63) is 71.8 Å². The van der Waals surface area contributed by atoms with Crippen molar-refractivity contribution in [3.63, 3.8) is 0 Å². The molecule has 1 saturated heterocycles. The van der Waals surface area contributed by atoms with Crippen molar-refractivity contribution < 1.29 is 47.6 Å². The molecule has 0 aromatic heterocycles. The normalized spacial score (nSPS) is 16.8. The average molecular weight is 757 g/mol. The fraction of sp³-hybridized carbons (Fsp3) is 0.600. The molecular weight excluding hydrogens is 696 g/mol. The first-order valence-electron chi connectivity index (χ1n) is 18.9. The Hall–Kier alpha value is -4.24. The maximum atomic E-state index is 13.7. The first-order valence-corrected chi connectivity index (χ1v) is 18.9. The van der Waals surface area contributed by atoms with Gasteiger partial charge in [0.05, 0.1) is 52.9 Å². The van der Waals surface area contributed by atoms with Gasteiger partial charge in [-0.25, -0.2) is 9.59 Å². The minimum Gasteiger partial charge on any atom is -0.445 e. The zero-order valence-corrected chi connectivity index (χ0v) is 32.4. The monoisotopic (exact) mass is 756 g/mol. The molecule has 2 aromatic carbocycles. The molecule has 54 heavy (non-hydrogen) atoms. The van der Waals surface area contributed by atoms with Gasteiger partial charge in [0, 0.05) is 26.2 Å². The molecule has 14 heteroatoms. The van der Waals surface area contributed by atoms with E-state index in [1.54, 1.807) is 9.80 Å². The van der Waals surface area contributed by atoms with Gasteiger partial charge in [-0.15, -0.1) is 0 Å². The Balaban J connectivity index is 1.53. The fourth-order valence-corrected chi connectivity index (χ4v) is 5.65. The summed E-state index contributed by atoms with van der Waals surface area (Å²) in [6, 6.07) is 17.1. The van der Waals surface area contributed by atoms with Gasteiger partial charge in [-0.05, 0) is 35.8 Å². The summed E-state index contributed by atoms with van der Waals surface area (Å²) >= 11 is 0. The largest absolute Gasteiger partial charge is 0.445 e. The van der Waals surface area contributed by atoms with Crippen LogP contribution in [-0.2, 0) is 51.2 Å². The Morgan fingerprint density at radius 1 is 0.537 bits per heavy atom. The van der Waals surface area contributed by atoms with Crippen LogP contribution in [0, 0.1) is 11.8 Å². The number of ether oxygens (including phenoxy) is 6. The third-order valence-electron chi connectivity index (χ3n) is 8.41. The number of hydrogen-bond acceptors (Lipinski definition) is 10.